The number of carbonyl (C=O) groups excluding carboxylic acids is 1. The van der Waals surface area contributed by atoms with Gasteiger partial charge in [-0.05, 0) is 59.9 Å². The number of Topliss-reactive ketones (excluding diaryl/α,β-unsaturated/α-hetero) is 1. The minimum absolute atomic E-state index is 0.184. The number of hydrogen-bond donors (Lipinski definition) is 0. The third-order valence-corrected chi connectivity index (χ3v) is 4.01. The van der Waals surface area contributed by atoms with Gasteiger partial charge in [0.25, 0.3) is 0 Å². The maximum atomic E-state index is 12.3. The molecule has 0 aromatic heterocycles. The molecule has 0 amide bonds. The molecule has 1 aromatic carbocycles. The molecule has 0 unspecified atom stereocenters. The molecule has 4 heteroatoms. The van der Waals surface area contributed by atoms with Crippen LogP contribution in [0.1, 0.15) is 36.5 Å². The van der Waals surface area contributed by atoms with Crippen LogP contribution in [0.2, 0.25) is 0 Å². The highest BCUT2D eigenvalue weighted by Gasteiger charge is 2.29. The van der Waals surface area contributed by atoms with Gasteiger partial charge in [-0.3, -0.25) is 9.69 Å². The lowest BCUT2D eigenvalue weighted by Gasteiger charge is -2.20. The van der Waals surface area contributed by atoms with Crippen LogP contribution in [-0.4, -0.2) is 36.9 Å². The minimum atomic E-state index is 0.184. The molecule has 1 aliphatic rings. The maximum absolute atomic E-state index is 12.3. The molecule has 104 valence electrons. The monoisotopic (exact) mass is 325 g/mol. The van der Waals surface area contributed by atoms with Gasteiger partial charge in [0.15, 0.2) is 5.78 Å². The van der Waals surface area contributed by atoms with E-state index in [9.17, 15) is 4.79 Å². The van der Waals surface area contributed by atoms with Gasteiger partial charge in [0.2, 0.25) is 0 Å². The molecule has 0 saturated heterocycles. The fraction of sp³-hybridized carbons (Fsp3) is 0.533. The quantitative estimate of drug-likeness (QED) is 0.718. The lowest BCUT2D eigenvalue weighted by Crippen LogP contribution is -2.32. The molecule has 2 rings (SSSR count). The first-order valence-electron chi connectivity index (χ1n) is 6.76. The Bertz CT molecular complexity index is 457. The predicted molar refractivity (Wildman–Crippen MR) is 79.9 cm³/mol. The van der Waals surface area contributed by atoms with E-state index in [4.69, 9.17) is 4.74 Å². The number of halogens is 1. The summed E-state index contributed by atoms with van der Waals surface area (Å²) in [6.45, 7) is 3.69. The smallest absolute Gasteiger partial charge is 0.176 e. The van der Waals surface area contributed by atoms with Crippen molar-refractivity contribution in [1.82, 2.24) is 4.90 Å². The first-order chi connectivity index (χ1) is 9.15. The van der Waals surface area contributed by atoms with Gasteiger partial charge in [-0.2, -0.15) is 0 Å². The molecule has 3 nitrogen and oxygen atoms in total. The van der Waals surface area contributed by atoms with Crippen molar-refractivity contribution < 1.29 is 9.53 Å². The second-order valence-corrected chi connectivity index (χ2v) is 5.83. The lowest BCUT2D eigenvalue weighted by atomic mass is 10.1. The minimum Gasteiger partial charge on any atom is -0.496 e. The molecule has 1 aromatic rings. The molecular weight excluding hydrogens is 306 g/mol. The normalized spacial score (nSPS) is 14.7. The molecule has 1 aliphatic carbocycles. The molecule has 0 radical (unpaired) electrons. The average Bonchev–Trinajstić information content (AvgIpc) is 3.22. The Balaban J connectivity index is 2.04. The number of hydrogen-bond acceptors (Lipinski definition) is 3. The molecular formula is C15H20BrNO2. The van der Waals surface area contributed by atoms with Crippen molar-refractivity contribution in [1.29, 1.82) is 0 Å². The van der Waals surface area contributed by atoms with Crippen LogP contribution in [0, 0.1) is 0 Å². The summed E-state index contributed by atoms with van der Waals surface area (Å²) in [5.41, 5.74) is 0.745. The molecule has 19 heavy (non-hydrogen) atoms. The molecule has 0 atom stereocenters. The van der Waals surface area contributed by atoms with Crippen molar-refractivity contribution in [3.05, 3.63) is 28.2 Å². The van der Waals surface area contributed by atoms with Crippen molar-refractivity contribution in [3.63, 3.8) is 0 Å². The van der Waals surface area contributed by atoms with Crippen LogP contribution in [0.15, 0.2) is 22.7 Å². The van der Waals surface area contributed by atoms with Gasteiger partial charge in [-0.25, -0.2) is 0 Å². The summed E-state index contributed by atoms with van der Waals surface area (Å²) in [6, 6.07) is 6.14. The first kappa shape index (κ1) is 14.5. The van der Waals surface area contributed by atoms with Crippen LogP contribution in [0.25, 0.3) is 0 Å². The van der Waals surface area contributed by atoms with Crippen LogP contribution in [0.4, 0.5) is 0 Å². The lowest BCUT2D eigenvalue weighted by molar-refractivity contribution is 0.0924. The van der Waals surface area contributed by atoms with Gasteiger partial charge < -0.3 is 4.74 Å². The van der Waals surface area contributed by atoms with Gasteiger partial charge in [-0.15, -0.1) is 0 Å². The highest BCUT2D eigenvalue weighted by molar-refractivity contribution is 9.10. The third-order valence-electron chi connectivity index (χ3n) is 3.39. The van der Waals surface area contributed by atoms with Gasteiger partial charge in [0.05, 0.1) is 18.1 Å². The van der Waals surface area contributed by atoms with Crippen LogP contribution in [-0.2, 0) is 0 Å². The van der Waals surface area contributed by atoms with E-state index in [1.807, 2.05) is 18.2 Å². The van der Waals surface area contributed by atoms with E-state index in [0.29, 0.717) is 12.6 Å². The Hall–Kier alpha value is -0.870. The highest BCUT2D eigenvalue weighted by atomic mass is 79.9. The van der Waals surface area contributed by atoms with E-state index in [1.54, 1.807) is 7.11 Å². The summed E-state index contributed by atoms with van der Waals surface area (Å²) in [7, 11) is 1.62. The van der Waals surface area contributed by atoms with Crippen molar-refractivity contribution in [3.8, 4) is 5.75 Å². The van der Waals surface area contributed by atoms with E-state index in [2.05, 4.69) is 27.8 Å². The zero-order chi connectivity index (χ0) is 13.8. The van der Waals surface area contributed by atoms with Crippen LogP contribution in [0.5, 0.6) is 5.75 Å². The summed E-state index contributed by atoms with van der Waals surface area (Å²) >= 11 is 3.42. The fourth-order valence-electron chi connectivity index (χ4n) is 2.23. The summed E-state index contributed by atoms with van der Waals surface area (Å²) in [5, 5.41) is 0. The van der Waals surface area contributed by atoms with E-state index in [1.165, 1.54) is 12.8 Å². The molecule has 0 bridgehead atoms. The van der Waals surface area contributed by atoms with Gasteiger partial charge >= 0.3 is 0 Å². The van der Waals surface area contributed by atoms with Crippen molar-refractivity contribution in [2.45, 2.75) is 32.2 Å². The van der Waals surface area contributed by atoms with Gasteiger partial charge in [0, 0.05) is 11.6 Å². The average molecular weight is 326 g/mol. The Morgan fingerprint density at radius 2 is 2.21 bits per heavy atom. The Labute approximate surface area is 123 Å². The molecule has 0 heterocycles. The predicted octanol–water partition coefficient (Wildman–Crippen LogP) is 3.51. The zero-order valence-electron chi connectivity index (χ0n) is 11.5. The number of nitrogens with zero attached hydrogens (tertiary/aromatic N) is 1. The van der Waals surface area contributed by atoms with Gasteiger partial charge in [0.1, 0.15) is 5.75 Å². The van der Waals surface area contributed by atoms with Crippen LogP contribution >= 0.6 is 15.9 Å². The van der Waals surface area contributed by atoms with E-state index in [-0.39, 0.29) is 5.78 Å². The Morgan fingerprint density at radius 1 is 1.47 bits per heavy atom. The first-order valence-corrected chi connectivity index (χ1v) is 7.55. The molecule has 0 aliphatic heterocycles. The number of benzene rings is 1. The maximum Gasteiger partial charge on any atom is 0.176 e. The molecule has 1 fully saturated rings. The number of ether oxygens (including phenoxy) is 1. The summed E-state index contributed by atoms with van der Waals surface area (Å²) in [4.78, 5) is 14.6. The molecule has 0 N–H and O–H groups in total. The largest absolute Gasteiger partial charge is 0.496 e. The fourth-order valence-corrected chi connectivity index (χ4v) is 2.77. The van der Waals surface area contributed by atoms with Crippen molar-refractivity contribution >= 4 is 21.7 Å². The molecule has 1 saturated carbocycles. The van der Waals surface area contributed by atoms with E-state index >= 15 is 0 Å². The Morgan fingerprint density at radius 3 is 2.74 bits per heavy atom. The zero-order valence-corrected chi connectivity index (χ0v) is 13.1. The third kappa shape index (κ3) is 3.80. The van der Waals surface area contributed by atoms with E-state index < -0.39 is 0 Å². The van der Waals surface area contributed by atoms with E-state index in [0.717, 1.165) is 28.8 Å². The van der Waals surface area contributed by atoms with Crippen LogP contribution < -0.4 is 4.74 Å². The number of ketones is 1. The highest BCUT2D eigenvalue weighted by Crippen LogP contribution is 2.28. The second-order valence-electron chi connectivity index (χ2n) is 4.97. The van der Waals surface area contributed by atoms with Crippen molar-refractivity contribution in [2.75, 3.05) is 20.2 Å². The number of rotatable bonds is 7. The topological polar surface area (TPSA) is 29.5 Å². The molecule has 0 spiro atoms. The summed E-state index contributed by atoms with van der Waals surface area (Å²) in [6.07, 6.45) is 3.56. The summed E-state index contributed by atoms with van der Waals surface area (Å²) < 4.78 is 6.01. The second kappa shape index (κ2) is 6.53. The Kier molecular flexibility index (Phi) is 4.99. The SMILES string of the molecule is CCCN(CC(=O)c1ccc(OC)c(Br)c1)C1CC1. The number of methoxy groups -OCH3 is 1. The van der Waals surface area contributed by atoms with Crippen LogP contribution in [0.3, 0.4) is 0 Å². The van der Waals surface area contributed by atoms with Gasteiger partial charge in [-0.1, -0.05) is 6.92 Å². The number of carbonyl (C=O) groups is 1. The standard InChI is InChI=1S/C15H20BrNO2/c1-3-8-17(12-5-6-12)10-14(18)11-4-7-15(19-2)13(16)9-11/h4,7,9,12H,3,5-6,8,10H2,1-2H3. The van der Waals surface area contributed by atoms with Crippen molar-refractivity contribution in [2.24, 2.45) is 0 Å². The summed E-state index contributed by atoms with van der Waals surface area (Å²) in [5.74, 6) is 0.938.